The Labute approximate surface area is 85.4 Å². The highest BCUT2D eigenvalue weighted by molar-refractivity contribution is 7.98. The minimum absolute atomic E-state index is 0.530. The van der Waals surface area contributed by atoms with Gasteiger partial charge in [0.05, 0.1) is 0 Å². The fraction of sp³-hybridized carbons (Fsp3) is 0.222. The third-order valence-corrected chi connectivity index (χ3v) is 2.47. The van der Waals surface area contributed by atoms with Crippen molar-refractivity contribution in [3.8, 4) is 0 Å². The Hall–Kier alpha value is -1.20. The number of benzene rings is 1. The van der Waals surface area contributed by atoms with Crippen molar-refractivity contribution in [1.29, 1.82) is 0 Å². The number of methoxy groups -OCH3 is 1. The Morgan fingerprint density at radius 1 is 1.57 bits per heavy atom. The summed E-state index contributed by atoms with van der Waals surface area (Å²) in [7, 11) is 1.63. The molecule has 5 heteroatoms. The maximum Gasteiger partial charge on any atom is 0.259 e. The van der Waals surface area contributed by atoms with Gasteiger partial charge in [-0.05, 0) is 23.9 Å². The Kier molecular flexibility index (Phi) is 2.60. The number of aromatic nitrogens is 1. The Morgan fingerprint density at radius 2 is 2.43 bits per heavy atom. The van der Waals surface area contributed by atoms with E-state index in [1.54, 1.807) is 19.2 Å². The topological polar surface area (TPSA) is 61.3 Å². The lowest BCUT2D eigenvalue weighted by Gasteiger charge is -1.91. The molecule has 0 fully saturated rings. The summed E-state index contributed by atoms with van der Waals surface area (Å²) < 4.78 is 10.3. The van der Waals surface area contributed by atoms with Crippen LogP contribution in [0, 0.1) is 0 Å². The molecule has 0 aliphatic heterocycles. The molecule has 2 rings (SSSR count). The molecular weight excluding hydrogens is 200 g/mol. The molecule has 0 spiro atoms. The minimum atomic E-state index is 0.530. The van der Waals surface area contributed by atoms with Gasteiger partial charge in [0.2, 0.25) is 0 Å². The highest BCUT2D eigenvalue weighted by atomic mass is 32.2. The van der Waals surface area contributed by atoms with E-state index in [9.17, 15) is 0 Å². The molecule has 2 aromatic rings. The molecule has 0 amide bonds. The van der Waals surface area contributed by atoms with Crippen LogP contribution in [0.1, 0.15) is 0 Å². The number of oxazole rings is 1. The molecule has 0 aliphatic rings. The number of fused-ring (bicyclic) bond motifs is 1. The van der Waals surface area contributed by atoms with Crippen LogP contribution in [0.4, 0.5) is 5.69 Å². The van der Waals surface area contributed by atoms with E-state index in [0.29, 0.717) is 22.4 Å². The van der Waals surface area contributed by atoms with E-state index in [4.69, 9.17) is 14.9 Å². The zero-order valence-electron chi connectivity index (χ0n) is 7.69. The normalized spacial score (nSPS) is 10.9. The molecule has 0 bridgehead atoms. The number of nitrogen functional groups attached to an aromatic ring is 1. The lowest BCUT2D eigenvalue weighted by atomic mass is 10.3. The summed E-state index contributed by atoms with van der Waals surface area (Å²) in [5.41, 5.74) is 7.82. The summed E-state index contributed by atoms with van der Waals surface area (Å²) in [6.07, 6.45) is 0. The summed E-state index contributed by atoms with van der Waals surface area (Å²) in [4.78, 5) is 4.25. The number of nitrogens with zero attached hydrogens (tertiary/aromatic N) is 1. The van der Waals surface area contributed by atoms with Crippen molar-refractivity contribution in [2.24, 2.45) is 0 Å². The van der Waals surface area contributed by atoms with Gasteiger partial charge in [-0.15, -0.1) is 0 Å². The smallest absolute Gasteiger partial charge is 0.259 e. The standard InChI is InChI=1S/C9H10N2O2S/c1-12-5-14-9-11-7-3-2-6(10)4-8(7)13-9/h2-4H,5,10H2,1H3. The van der Waals surface area contributed by atoms with Crippen LogP contribution in [0.3, 0.4) is 0 Å². The molecule has 4 nitrogen and oxygen atoms in total. The predicted octanol–water partition coefficient (Wildman–Crippen LogP) is 2.11. The van der Waals surface area contributed by atoms with Gasteiger partial charge in [-0.25, -0.2) is 4.98 Å². The molecule has 2 N–H and O–H groups in total. The first-order valence-corrected chi connectivity index (χ1v) is 5.06. The van der Waals surface area contributed by atoms with E-state index in [-0.39, 0.29) is 0 Å². The molecule has 0 atom stereocenters. The monoisotopic (exact) mass is 210 g/mol. The van der Waals surface area contributed by atoms with Gasteiger partial charge in [0, 0.05) is 18.9 Å². The molecule has 0 saturated heterocycles. The zero-order valence-corrected chi connectivity index (χ0v) is 8.50. The van der Waals surface area contributed by atoms with Crippen molar-refractivity contribution in [3.05, 3.63) is 18.2 Å². The molecule has 1 aromatic heterocycles. The highest BCUT2D eigenvalue weighted by Gasteiger charge is 2.05. The molecule has 14 heavy (non-hydrogen) atoms. The molecule has 74 valence electrons. The van der Waals surface area contributed by atoms with Crippen LogP contribution >= 0.6 is 11.8 Å². The minimum Gasteiger partial charge on any atom is -0.431 e. The summed E-state index contributed by atoms with van der Waals surface area (Å²) in [6.45, 7) is 0. The second kappa shape index (κ2) is 3.89. The van der Waals surface area contributed by atoms with E-state index < -0.39 is 0 Å². The number of anilines is 1. The van der Waals surface area contributed by atoms with Crippen molar-refractivity contribution < 1.29 is 9.15 Å². The van der Waals surface area contributed by atoms with Crippen LogP contribution in [0.15, 0.2) is 27.8 Å². The molecule has 1 aromatic carbocycles. The third kappa shape index (κ3) is 1.83. The summed E-state index contributed by atoms with van der Waals surface area (Å²) in [5, 5.41) is 0.604. The van der Waals surface area contributed by atoms with Crippen molar-refractivity contribution in [1.82, 2.24) is 4.98 Å². The number of nitrogens with two attached hydrogens (primary N) is 1. The second-order valence-electron chi connectivity index (χ2n) is 2.76. The van der Waals surface area contributed by atoms with Crippen LogP contribution in [-0.4, -0.2) is 18.0 Å². The average Bonchev–Trinajstić information content (AvgIpc) is 2.56. The van der Waals surface area contributed by atoms with Crippen LogP contribution in [0.25, 0.3) is 11.1 Å². The fourth-order valence-corrected chi connectivity index (χ4v) is 1.62. The predicted molar refractivity (Wildman–Crippen MR) is 56.2 cm³/mol. The lowest BCUT2D eigenvalue weighted by molar-refractivity contribution is 0.257. The maximum absolute atomic E-state index is 5.61. The Balaban J connectivity index is 2.32. The van der Waals surface area contributed by atoms with Crippen molar-refractivity contribution in [2.75, 3.05) is 18.8 Å². The van der Waals surface area contributed by atoms with Gasteiger partial charge in [-0.2, -0.15) is 0 Å². The number of hydrogen-bond donors (Lipinski definition) is 1. The number of thioether (sulfide) groups is 1. The largest absolute Gasteiger partial charge is 0.431 e. The van der Waals surface area contributed by atoms with Crippen molar-refractivity contribution in [3.63, 3.8) is 0 Å². The quantitative estimate of drug-likeness (QED) is 0.477. The SMILES string of the molecule is COCSc1nc2ccc(N)cc2o1. The van der Waals surface area contributed by atoms with Gasteiger partial charge in [0.15, 0.2) is 5.58 Å². The molecular formula is C9H10N2O2S. The van der Waals surface area contributed by atoms with Crippen molar-refractivity contribution in [2.45, 2.75) is 5.22 Å². The van der Waals surface area contributed by atoms with Gasteiger partial charge < -0.3 is 14.9 Å². The van der Waals surface area contributed by atoms with Crippen LogP contribution in [0.5, 0.6) is 0 Å². The second-order valence-corrected chi connectivity index (χ2v) is 3.63. The summed E-state index contributed by atoms with van der Waals surface area (Å²) >= 11 is 1.41. The summed E-state index contributed by atoms with van der Waals surface area (Å²) in [5.74, 6) is 0.530. The number of hydrogen-bond acceptors (Lipinski definition) is 5. The first-order chi connectivity index (χ1) is 6.79. The number of ether oxygens (including phenoxy) is 1. The summed E-state index contributed by atoms with van der Waals surface area (Å²) in [6, 6.07) is 5.40. The first-order valence-electron chi connectivity index (χ1n) is 4.07. The van der Waals surface area contributed by atoms with E-state index in [1.807, 2.05) is 6.07 Å². The van der Waals surface area contributed by atoms with Gasteiger partial charge in [-0.1, -0.05) is 0 Å². The van der Waals surface area contributed by atoms with Crippen LogP contribution < -0.4 is 5.73 Å². The highest BCUT2D eigenvalue weighted by Crippen LogP contribution is 2.24. The Morgan fingerprint density at radius 3 is 3.21 bits per heavy atom. The third-order valence-electron chi connectivity index (χ3n) is 1.69. The van der Waals surface area contributed by atoms with Crippen LogP contribution in [-0.2, 0) is 4.74 Å². The Bertz CT molecular complexity index is 441. The zero-order chi connectivity index (χ0) is 9.97. The van der Waals surface area contributed by atoms with E-state index in [1.165, 1.54) is 11.8 Å². The van der Waals surface area contributed by atoms with Crippen molar-refractivity contribution >= 4 is 28.5 Å². The van der Waals surface area contributed by atoms with E-state index in [0.717, 1.165) is 5.52 Å². The first kappa shape index (κ1) is 9.36. The maximum atomic E-state index is 5.61. The number of rotatable bonds is 3. The van der Waals surface area contributed by atoms with Gasteiger partial charge in [0.1, 0.15) is 11.5 Å². The average molecular weight is 210 g/mol. The molecule has 0 radical (unpaired) electrons. The van der Waals surface area contributed by atoms with Gasteiger partial charge in [0.25, 0.3) is 5.22 Å². The molecule has 0 aliphatic carbocycles. The fourth-order valence-electron chi connectivity index (χ4n) is 1.09. The van der Waals surface area contributed by atoms with Crippen LogP contribution in [0.2, 0.25) is 0 Å². The molecule has 0 unspecified atom stereocenters. The lowest BCUT2D eigenvalue weighted by Crippen LogP contribution is -1.81. The van der Waals surface area contributed by atoms with Gasteiger partial charge in [-0.3, -0.25) is 0 Å². The van der Waals surface area contributed by atoms with E-state index >= 15 is 0 Å². The van der Waals surface area contributed by atoms with E-state index in [2.05, 4.69) is 4.98 Å². The van der Waals surface area contributed by atoms with Gasteiger partial charge >= 0.3 is 0 Å². The molecule has 0 saturated carbocycles. The molecule has 1 heterocycles.